The standard InChI is InChI=1S/C23H31NO4.ClH/c1-6-8-19-13-18(15-22(27-5)23(19)28-7-2)16-24-12-11-17-9-10-20(25-3)21(14-17)26-4;/h6,9-10,13-15,24H,1,7-8,11-12,16H2,2-5H3;1H. The molecule has 6 heteroatoms. The minimum atomic E-state index is 0. The molecule has 0 aromatic heterocycles. The highest BCUT2D eigenvalue weighted by Crippen LogP contribution is 2.33. The third-order valence-electron chi connectivity index (χ3n) is 4.43. The lowest BCUT2D eigenvalue weighted by atomic mass is 10.1. The summed E-state index contributed by atoms with van der Waals surface area (Å²) in [5.74, 6) is 3.07. The number of rotatable bonds is 12. The molecular weight excluding hydrogens is 390 g/mol. The Balaban J connectivity index is 0.00000420. The smallest absolute Gasteiger partial charge is 0.164 e. The molecule has 0 saturated heterocycles. The number of nitrogens with one attached hydrogen (secondary N) is 1. The molecule has 5 nitrogen and oxygen atoms in total. The van der Waals surface area contributed by atoms with Crippen LogP contribution >= 0.6 is 12.4 Å². The third kappa shape index (κ3) is 6.87. The monoisotopic (exact) mass is 421 g/mol. The molecule has 0 saturated carbocycles. The SMILES string of the molecule is C=CCc1cc(CNCCc2ccc(OC)c(OC)c2)cc(OC)c1OCC.Cl. The van der Waals surface area contributed by atoms with E-state index in [1.54, 1.807) is 21.3 Å². The topological polar surface area (TPSA) is 49.0 Å². The van der Waals surface area contributed by atoms with Gasteiger partial charge in [-0.05, 0) is 55.6 Å². The van der Waals surface area contributed by atoms with E-state index in [2.05, 4.69) is 24.0 Å². The lowest BCUT2D eigenvalue weighted by Gasteiger charge is -2.16. The molecule has 0 amide bonds. The van der Waals surface area contributed by atoms with E-state index in [9.17, 15) is 0 Å². The molecule has 0 atom stereocenters. The van der Waals surface area contributed by atoms with Crippen LogP contribution in [-0.4, -0.2) is 34.5 Å². The molecule has 2 aromatic carbocycles. The van der Waals surface area contributed by atoms with Crippen molar-refractivity contribution in [3.8, 4) is 23.0 Å². The van der Waals surface area contributed by atoms with Gasteiger partial charge in [0, 0.05) is 12.1 Å². The van der Waals surface area contributed by atoms with Gasteiger partial charge >= 0.3 is 0 Å². The number of allylic oxidation sites excluding steroid dienone is 1. The fraction of sp³-hybridized carbons (Fsp3) is 0.391. The van der Waals surface area contributed by atoms with Crippen molar-refractivity contribution in [3.63, 3.8) is 0 Å². The summed E-state index contributed by atoms with van der Waals surface area (Å²) >= 11 is 0. The largest absolute Gasteiger partial charge is 0.493 e. The molecule has 0 unspecified atom stereocenters. The molecule has 0 aliphatic rings. The summed E-state index contributed by atoms with van der Waals surface area (Å²) in [4.78, 5) is 0. The van der Waals surface area contributed by atoms with Crippen LogP contribution in [-0.2, 0) is 19.4 Å². The highest BCUT2D eigenvalue weighted by Gasteiger charge is 2.12. The first-order chi connectivity index (χ1) is 13.7. The maximum absolute atomic E-state index is 5.78. The normalized spacial score (nSPS) is 10.1. The minimum Gasteiger partial charge on any atom is -0.493 e. The molecule has 29 heavy (non-hydrogen) atoms. The van der Waals surface area contributed by atoms with E-state index in [-0.39, 0.29) is 12.4 Å². The molecule has 160 valence electrons. The van der Waals surface area contributed by atoms with Gasteiger partial charge in [-0.1, -0.05) is 18.2 Å². The molecule has 0 spiro atoms. The van der Waals surface area contributed by atoms with Gasteiger partial charge in [0.25, 0.3) is 0 Å². The lowest BCUT2D eigenvalue weighted by molar-refractivity contribution is 0.308. The molecule has 0 bridgehead atoms. The molecule has 1 N–H and O–H groups in total. The Morgan fingerprint density at radius 1 is 0.931 bits per heavy atom. The summed E-state index contributed by atoms with van der Waals surface area (Å²) in [6.07, 6.45) is 3.52. The van der Waals surface area contributed by atoms with E-state index in [4.69, 9.17) is 18.9 Å². The number of halogens is 1. The molecular formula is C23H32ClNO4. The van der Waals surface area contributed by atoms with Gasteiger partial charge in [-0.15, -0.1) is 19.0 Å². The van der Waals surface area contributed by atoms with Crippen LogP contribution in [0, 0.1) is 0 Å². The van der Waals surface area contributed by atoms with Gasteiger partial charge in [0.05, 0.1) is 27.9 Å². The summed E-state index contributed by atoms with van der Waals surface area (Å²) in [5.41, 5.74) is 3.44. The van der Waals surface area contributed by atoms with Crippen molar-refractivity contribution in [3.05, 3.63) is 59.7 Å². The van der Waals surface area contributed by atoms with Crippen molar-refractivity contribution in [2.45, 2.75) is 26.3 Å². The van der Waals surface area contributed by atoms with Gasteiger partial charge in [-0.25, -0.2) is 0 Å². The fourth-order valence-corrected chi connectivity index (χ4v) is 3.09. The van der Waals surface area contributed by atoms with Crippen molar-refractivity contribution in [2.75, 3.05) is 34.5 Å². The summed E-state index contributed by atoms with van der Waals surface area (Å²) in [6, 6.07) is 10.2. The van der Waals surface area contributed by atoms with E-state index < -0.39 is 0 Å². The van der Waals surface area contributed by atoms with E-state index >= 15 is 0 Å². The highest BCUT2D eigenvalue weighted by molar-refractivity contribution is 5.85. The molecule has 2 rings (SSSR count). The Morgan fingerprint density at radius 2 is 1.62 bits per heavy atom. The van der Waals surface area contributed by atoms with Gasteiger partial charge in [-0.2, -0.15) is 0 Å². The van der Waals surface area contributed by atoms with Crippen LogP contribution in [0.2, 0.25) is 0 Å². The second-order valence-electron chi connectivity index (χ2n) is 6.33. The summed E-state index contributed by atoms with van der Waals surface area (Å²) < 4.78 is 22.0. The van der Waals surface area contributed by atoms with Crippen LogP contribution in [0.4, 0.5) is 0 Å². The van der Waals surface area contributed by atoms with Gasteiger partial charge in [0.2, 0.25) is 0 Å². The zero-order chi connectivity index (χ0) is 20.4. The predicted molar refractivity (Wildman–Crippen MR) is 120 cm³/mol. The number of hydrogen-bond donors (Lipinski definition) is 1. The van der Waals surface area contributed by atoms with Crippen molar-refractivity contribution < 1.29 is 18.9 Å². The average Bonchev–Trinajstić information content (AvgIpc) is 2.72. The Morgan fingerprint density at radius 3 is 2.24 bits per heavy atom. The van der Waals surface area contributed by atoms with E-state index in [0.717, 1.165) is 60.1 Å². The number of ether oxygens (including phenoxy) is 4. The number of methoxy groups -OCH3 is 3. The van der Waals surface area contributed by atoms with Crippen molar-refractivity contribution in [1.82, 2.24) is 5.32 Å². The van der Waals surface area contributed by atoms with Crippen LogP contribution in [0.3, 0.4) is 0 Å². The van der Waals surface area contributed by atoms with Crippen LogP contribution < -0.4 is 24.3 Å². The third-order valence-corrected chi connectivity index (χ3v) is 4.43. The minimum absolute atomic E-state index is 0. The van der Waals surface area contributed by atoms with E-state index in [1.165, 1.54) is 5.56 Å². The first kappa shape index (κ1) is 24.7. The van der Waals surface area contributed by atoms with E-state index in [1.807, 2.05) is 31.2 Å². The Bertz CT molecular complexity index is 780. The zero-order valence-electron chi connectivity index (χ0n) is 17.7. The maximum Gasteiger partial charge on any atom is 0.164 e. The highest BCUT2D eigenvalue weighted by atomic mass is 35.5. The lowest BCUT2D eigenvalue weighted by Crippen LogP contribution is -2.17. The fourth-order valence-electron chi connectivity index (χ4n) is 3.09. The molecule has 2 aromatic rings. The van der Waals surface area contributed by atoms with Crippen LogP contribution in [0.5, 0.6) is 23.0 Å². The van der Waals surface area contributed by atoms with Gasteiger partial charge in [0.15, 0.2) is 23.0 Å². The summed E-state index contributed by atoms with van der Waals surface area (Å²) in [5, 5.41) is 3.49. The Hall–Kier alpha value is -2.37. The van der Waals surface area contributed by atoms with Gasteiger partial charge in [-0.3, -0.25) is 0 Å². The van der Waals surface area contributed by atoms with Gasteiger partial charge in [0.1, 0.15) is 0 Å². The zero-order valence-corrected chi connectivity index (χ0v) is 18.6. The van der Waals surface area contributed by atoms with Crippen LogP contribution in [0.1, 0.15) is 23.6 Å². The molecule has 0 fully saturated rings. The van der Waals surface area contributed by atoms with Crippen LogP contribution in [0.25, 0.3) is 0 Å². The van der Waals surface area contributed by atoms with Crippen molar-refractivity contribution in [1.29, 1.82) is 0 Å². The second kappa shape index (κ2) is 13.0. The Kier molecular flexibility index (Phi) is 11.0. The Labute approximate surface area is 180 Å². The molecule has 0 radical (unpaired) electrons. The van der Waals surface area contributed by atoms with Crippen LogP contribution in [0.15, 0.2) is 43.0 Å². The van der Waals surface area contributed by atoms with E-state index in [0.29, 0.717) is 6.61 Å². The summed E-state index contributed by atoms with van der Waals surface area (Å²) in [7, 11) is 4.97. The predicted octanol–water partition coefficient (Wildman–Crippen LogP) is 4.59. The number of hydrogen-bond acceptors (Lipinski definition) is 5. The first-order valence-electron chi connectivity index (χ1n) is 9.51. The average molecular weight is 422 g/mol. The quantitative estimate of drug-likeness (QED) is 0.401. The van der Waals surface area contributed by atoms with Gasteiger partial charge < -0.3 is 24.3 Å². The second-order valence-corrected chi connectivity index (χ2v) is 6.33. The molecule has 0 aliphatic heterocycles. The van der Waals surface area contributed by atoms with Crippen molar-refractivity contribution in [2.24, 2.45) is 0 Å². The molecule has 0 heterocycles. The number of benzene rings is 2. The summed E-state index contributed by atoms with van der Waals surface area (Å²) in [6.45, 7) is 8.02. The van der Waals surface area contributed by atoms with Crippen molar-refractivity contribution >= 4 is 12.4 Å². The molecule has 0 aliphatic carbocycles. The first-order valence-corrected chi connectivity index (χ1v) is 9.51. The maximum atomic E-state index is 5.78.